The lowest BCUT2D eigenvalue weighted by Gasteiger charge is -2.29. The van der Waals surface area contributed by atoms with Crippen LogP contribution in [0.2, 0.25) is 0 Å². The van der Waals surface area contributed by atoms with Crippen LogP contribution in [-0.4, -0.2) is 22.8 Å². The molecule has 0 aliphatic carbocycles. The summed E-state index contributed by atoms with van der Waals surface area (Å²) in [4.78, 5) is 12.8. The van der Waals surface area contributed by atoms with Gasteiger partial charge in [0.05, 0.1) is 23.9 Å². The summed E-state index contributed by atoms with van der Waals surface area (Å²) in [6.07, 6.45) is 3.29. The van der Waals surface area contributed by atoms with E-state index in [1.807, 2.05) is 12.1 Å². The van der Waals surface area contributed by atoms with Crippen LogP contribution in [0.1, 0.15) is 49.3 Å². The minimum atomic E-state index is -0.367. The third kappa shape index (κ3) is 3.13. The molecule has 26 heavy (non-hydrogen) atoms. The Labute approximate surface area is 160 Å². The molecule has 7 heteroatoms. The van der Waals surface area contributed by atoms with E-state index in [0.29, 0.717) is 28.6 Å². The summed E-state index contributed by atoms with van der Waals surface area (Å²) in [7, 11) is 0. The molecule has 1 aromatic heterocycles. The summed E-state index contributed by atoms with van der Waals surface area (Å²) < 4.78 is 6.03. The first-order valence-electron chi connectivity index (χ1n) is 8.51. The smallest absolute Gasteiger partial charge is 0.336 e. The lowest BCUT2D eigenvalue weighted by molar-refractivity contribution is -0.138. The van der Waals surface area contributed by atoms with Crippen LogP contribution >= 0.6 is 15.9 Å². The highest BCUT2D eigenvalue weighted by Crippen LogP contribution is 2.44. The van der Waals surface area contributed by atoms with Crippen molar-refractivity contribution in [1.29, 1.82) is 5.26 Å². The molecule has 3 rings (SSSR count). The first kappa shape index (κ1) is 18.2. The second-order valence-electron chi connectivity index (χ2n) is 5.94. The highest BCUT2D eigenvalue weighted by molar-refractivity contribution is 9.10. The maximum Gasteiger partial charge on any atom is 0.336 e. The largest absolute Gasteiger partial charge is 0.463 e. The first-order chi connectivity index (χ1) is 12.6. The minimum absolute atomic E-state index is 0.298. The summed E-state index contributed by atoms with van der Waals surface area (Å²) in [6.45, 7) is 4.14. The summed E-state index contributed by atoms with van der Waals surface area (Å²) in [5.41, 5.74) is 3.60. The summed E-state index contributed by atoms with van der Waals surface area (Å²) in [5.74, 6) is 0.0450. The summed E-state index contributed by atoms with van der Waals surface area (Å²) in [6, 6.07) is 7.66. The maximum atomic E-state index is 12.8. The number of carbonyl (C=O) groups excluding carboxylic acids is 1. The molecular formula is C19H19BrN4O2. The van der Waals surface area contributed by atoms with Crippen LogP contribution in [0.15, 0.2) is 40.1 Å². The molecule has 2 heterocycles. The topological polar surface area (TPSA) is 90.8 Å². The van der Waals surface area contributed by atoms with Gasteiger partial charge < -0.3 is 10.1 Å². The van der Waals surface area contributed by atoms with Crippen LogP contribution < -0.4 is 5.32 Å². The Morgan fingerprint density at radius 1 is 1.38 bits per heavy atom. The van der Waals surface area contributed by atoms with Crippen LogP contribution in [-0.2, 0) is 9.53 Å². The van der Waals surface area contributed by atoms with Gasteiger partial charge in [-0.05, 0) is 40.9 Å². The Morgan fingerprint density at radius 3 is 2.88 bits per heavy atom. The van der Waals surface area contributed by atoms with Gasteiger partial charge in [0.1, 0.15) is 11.9 Å². The molecule has 2 N–H and O–H groups in total. The van der Waals surface area contributed by atoms with E-state index in [-0.39, 0.29) is 11.9 Å². The van der Waals surface area contributed by atoms with Crippen molar-refractivity contribution >= 4 is 27.7 Å². The maximum absolute atomic E-state index is 12.8. The summed E-state index contributed by atoms with van der Waals surface area (Å²) >= 11 is 3.54. The van der Waals surface area contributed by atoms with Gasteiger partial charge in [0.2, 0.25) is 0 Å². The van der Waals surface area contributed by atoms with E-state index in [2.05, 4.69) is 44.4 Å². The highest BCUT2D eigenvalue weighted by Gasteiger charge is 2.36. The number of allylic oxidation sites excluding steroid dienone is 1. The minimum Gasteiger partial charge on any atom is -0.463 e. The number of nitrogens with one attached hydrogen (secondary N) is 2. The standard InChI is InChI=1S/C19H19BrN4O2/c1-3-6-14-16(19(25)26-4-2)15(13-10-22-24-18(13)23-14)12-8-5-7-11(9-21)17(12)20/h5,7-8,10,15H,3-4,6H2,1-2H3,(H2,22,23,24). The zero-order chi connectivity index (χ0) is 18.7. The lowest BCUT2D eigenvalue weighted by Crippen LogP contribution is -2.25. The predicted molar refractivity (Wildman–Crippen MR) is 101 cm³/mol. The second kappa shape index (κ2) is 7.75. The quantitative estimate of drug-likeness (QED) is 0.714. The van der Waals surface area contributed by atoms with E-state index >= 15 is 0 Å². The van der Waals surface area contributed by atoms with Crippen LogP contribution in [0.25, 0.3) is 0 Å². The lowest BCUT2D eigenvalue weighted by atomic mass is 9.81. The first-order valence-corrected chi connectivity index (χ1v) is 9.30. The molecule has 1 aliphatic heterocycles. The number of benzene rings is 1. The van der Waals surface area contributed by atoms with E-state index in [4.69, 9.17) is 4.74 Å². The molecule has 0 saturated heterocycles. The molecule has 1 aromatic carbocycles. The van der Waals surface area contributed by atoms with Crippen molar-refractivity contribution in [3.63, 3.8) is 0 Å². The number of esters is 1. The van der Waals surface area contributed by atoms with E-state index < -0.39 is 0 Å². The molecule has 0 spiro atoms. The molecule has 1 atom stereocenters. The Bertz CT molecular complexity index is 911. The zero-order valence-corrected chi connectivity index (χ0v) is 16.2. The number of nitrogens with zero attached hydrogens (tertiary/aromatic N) is 2. The monoisotopic (exact) mass is 414 g/mol. The zero-order valence-electron chi connectivity index (χ0n) is 14.6. The number of halogens is 1. The number of anilines is 1. The number of H-pyrrole nitrogens is 1. The number of ether oxygens (including phenoxy) is 1. The number of carbonyl (C=O) groups is 1. The third-order valence-corrected chi connectivity index (χ3v) is 5.21. The molecular weight excluding hydrogens is 396 g/mol. The van der Waals surface area contributed by atoms with Gasteiger partial charge in [0, 0.05) is 21.7 Å². The van der Waals surface area contributed by atoms with Crippen molar-refractivity contribution in [2.45, 2.75) is 32.6 Å². The van der Waals surface area contributed by atoms with Crippen molar-refractivity contribution in [2.75, 3.05) is 11.9 Å². The predicted octanol–water partition coefficient (Wildman–Crippen LogP) is 4.22. The molecule has 134 valence electrons. The van der Waals surface area contributed by atoms with Crippen molar-refractivity contribution in [2.24, 2.45) is 0 Å². The van der Waals surface area contributed by atoms with Crippen molar-refractivity contribution in [3.05, 3.63) is 56.8 Å². The number of nitriles is 1. The second-order valence-corrected chi connectivity index (χ2v) is 6.73. The molecule has 0 saturated carbocycles. The van der Waals surface area contributed by atoms with E-state index in [0.717, 1.165) is 29.1 Å². The number of fused-ring (bicyclic) bond motifs is 1. The number of aromatic amines is 1. The fourth-order valence-corrected chi connectivity index (χ4v) is 3.82. The van der Waals surface area contributed by atoms with Crippen LogP contribution in [0.4, 0.5) is 5.82 Å². The van der Waals surface area contributed by atoms with Crippen LogP contribution in [0.5, 0.6) is 0 Å². The van der Waals surface area contributed by atoms with Gasteiger partial charge in [-0.15, -0.1) is 0 Å². The average Bonchev–Trinajstić information content (AvgIpc) is 3.09. The SMILES string of the molecule is CCCC1=C(C(=O)OCC)C(c2cccc(C#N)c2Br)c2cn[nH]c2N1. The molecule has 6 nitrogen and oxygen atoms in total. The number of hydrogen-bond acceptors (Lipinski definition) is 5. The normalized spacial score (nSPS) is 15.8. The fraction of sp³-hybridized carbons (Fsp3) is 0.316. The highest BCUT2D eigenvalue weighted by atomic mass is 79.9. The van der Waals surface area contributed by atoms with Crippen molar-refractivity contribution in [3.8, 4) is 6.07 Å². The molecule has 2 aromatic rings. The van der Waals surface area contributed by atoms with Gasteiger partial charge in [-0.1, -0.05) is 25.5 Å². The number of rotatable bonds is 5. The molecule has 0 radical (unpaired) electrons. The van der Waals surface area contributed by atoms with E-state index in [9.17, 15) is 10.1 Å². The molecule has 0 amide bonds. The van der Waals surface area contributed by atoms with Gasteiger partial charge in [-0.3, -0.25) is 5.10 Å². The number of hydrogen-bond donors (Lipinski definition) is 2. The van der Waals surface area contributed by atoms with Gasteiger partial charge in [-0.2, -0.15) is 10.4 Å². The third-order valence-electron chi connectivity index (χ3n) is 4.32. The Hall–Kier alpha value is -2.59. The Morgan fingerprint density at radius 2 is 2.19 bits per heavy atom. The van der Waals surface area contributed by atoms with Crippen LogP contribution in [0, 0.1) is 11.3 Å². The average molecular weight is 415 g/mol. The Balaban J connectivity index is 2.25. The van der Waals surface area contributed by atoms with Crippen LogP contribution in [0.3, 0.4) is 0 Å². The molecule has 1 unspecified atom stereocenters. The Kier molecular flexibility index (Phi) is 5.43. The van der Waals surface area contributed by atoms with Gasteiger partial charge >= 0.3 is 5.97 Å². The molecule has 1 aliphatic rings. The van der Waals surface area contributed by atoms with Gasteiger partial charge in [-0.25, -0.2) is 4.79 Å². The van der Waals surface area contributed by atoms with Crippen molar-refractivity contribution < 1.29 is 9.53 Å². The van der Waals surface area contributed by atoms with E-state index in [1.54, 1.807) is 19.2 Å². The number of aromatic nitrogens is 2. The van der Waals surface area contributed by atoms with E-state index in [1.165, 1.54) is 0 Å². The molecule has 0 fully saturated rings. The fourth-order valence-electron chi connectivity index (χ4n) is 3.24. The van der Waals surface area contributed by atoms with Crippen molar-refractivity contribution in [1.82, 2.24) is 10.2 Å². The van der Waals surface area contributed by atoms with Gasteiger partial charge in [0.25, 0.3) is 0 Å². The molecule has 0 bridgehead atoms. The summed E-state index contributed by atoms with van der Waals surface area (Å²) in [5, 5.41) is 19.8. The van der Waals surface area contributed by atoms with Gasteiger partial charge in [0.15, 0.2) is 0 Å².